The predicted molar refractivity (Wildman–Crippen MR) is 137 cm³/mol. The summed E-state index contributed by atoms with van der Waals surface area (Å²) < 4.78 is 1.72. The molecule has 10 nitrogen and oxygen atoms in total. The van der Waals surface area contributed by atoms with Crippen molar-refractivity contribution >= 4 is 58.4 Å². The van der Waals surface area contributed by atoms with Gasteiger partial charge in [0, 0.05) is 44.7 Å². The number of benzene rings is 1. The molecule has 0 saturated heterocycles. The van der Waals surface area contributed by atoms with Crippen molar-refractivity contribution < 1.29 is 4.79 Å². The van der Waals surface area contributed by atoms with Crippen LogP contribution >= 0.6 is 24.0 Å². The van der Waals surface area contributed by atoms with Gasteiger partial charge in [0.15, 0.2) is 11.6 Å². The van der Waals surface area contributed by atoms with Crippen LogP contribution in [0.2, 0.25) is 0 Å². The molecule has 3 aromatic rings. The molecule has 4 rings (SSSR count). The van der Waals surface area contributed by atoms with Gasteiger partial charge in [-0.3, -0.25) is 14.5 Å². The summed E-state index contributed by atoms with van der Waals surface area (Å²) in [6.45, 7) is 4.62. The normalized spacial score (nSPS) is 15.5. The van der Waals surface area contributed by atoms with E-state index in [0.29, 0.717) is 26.1 Å². The molecule has 2 aromatic heterocycles. The quantitative estimate of drug-likeness (QED) is 0.154. The number of anilines is 2. The number of hydrogen-bond donors (Lipinski definition) is 4. The van der Waals surface area contributed by atoms with Gasteiger partial charge in [0.1, 0.15) is 12.1 Å². The van der Waals surface area contributed by atoms with Crippen molar-refractivity contribution in [3.63, 3.8) is 0 Å². The van der Waals surface area contributed by atoms with E-state index < -0.39 is 0 Å². The first-order chi connectivity index (χ1) is 15.2. The fourth-order valence-electron chi connectivity index (χ4n) is 3.67. The van der Waals surface area contributed by atoms with Crippen LogP contribution in [0.25, 0.3) is 11.0 Å². The highest BCUT2D eigenvalue weighted by Crippen LogP contribution is 2.31. The molecular weight excluding hydrogens is 521 g/mol. The van der Waals surface area contributed by atoms with Gasteiger partial charge >= 0.3 is 0 Å². The van der Waals surface area contributed by atoms with Crippen molar-refractivity contribution in [1.82, 2.24) is 30.4 Å². The molecule has 1 atom stereocenters. The SMILES string of the molecule is CCNC(=NCC1CC(=O)Nc2ccccc21)NCCNc1ncnc2c1cnn2C.I. The number of aromatic nitrogens is 4. The summed E-state index contributed by atoms with van der Waals surface area (Å²) in [5.41, 5.74) is 2.80. The minimum Gasteiger partial charge on any atom is -0.368 e. The number of nitrogens with zero attached hydrogens (tertiary/aromatic N) is 5. The summed E-state index contributed by atoms with van der Waals surface area (Å²) in [5.74, 6) is 1.58. The molecule has 0 fully saturated rings. The maximum Gasteiger partial charge on any atom is 0.225 e. The summed E-state index contributed by atoms with van der Waals surface area (Å²) in [7, 11) is 1.86. The van der Waals surface area contributed by atoms with Crippen LogP contribution in [0.15, 0.2) is 41.8 Å². The van der Waals surface area contributed by atoms with E-state index in [1.54, 1.807) is 10.9 Å². The highest BCUT2D eigenvalue weighted by Gasteiger charge is 2.24. The van der Waals surface area contributed by atoms with Crippen LogP contribution in [0.5, 0.6) is 0 Å². The third kappa shape index (κ3) is 5.44. The smallest absolute Gasteiger partial charge is 0.225 e. The van der Waals surface area contributed by atoms with Gasteiger partial charge in [0.25, 0.3) is 0 Å². The number of hydrogen-bond acceptors (Lipinski definition) is 6. The second-order valence-corrected chi connectivity index (χ2v) is 7.34. The molecule has 0 radical (unpaired) electrons. The largest absolute Gasteiger partial charge is 0.368 e. The average Bonchev–Trinajstić information content (AvgIpc) is 3.16. The molecule has 0 spiro atoms. The van der Waals surface area contributed by atoms with Crippen LogP contribution in [0.4, 0.5) is 11.5 Å². The maximum atomic E-state index is 12.0. The van der Waals surface area contributed by atoms with E-state index >= 15 is 0 Å². The molecule has 0 saturated carbocycles. The zero-order chi connectivity index (χ0) is 21.6. The van der Waals surface area contributed by atoms with Crippen molar-refractivity contribution in [3.8, 4) is 0 Å². The van der Waals surface area contributed by atoms with E-state index in [4.69, 9.17) is 4.99 Å². The topological polar surface area (TPSA) is 121 Å². The fraction of sp³-hybridized carbons (Fsp3) is 0.381. The van der Waals surface area contributed by atoms with E-state index in [1.807, 2.05) is 32.2 Å². The summed E-state index contributed by atoms with van der Waals surface area (Å²) in [6, 6.07) is 7.92. The Labute approximate surface area is 203 Å². The number of amides is 1. The number of rotatable bonds is 7. The number of nitrogens with one attached hydrogen (secondary N) is 4. The van der Waals surface area contributed by atoms with Gasteiger partial charge in [-0.2, -0.15) is 5.10 Å². The van der Waals surface area contributed by atoms with Gasteiger partial charge in [-0.05, 0) is 18.6 Å². The van der Waals surface area contributed by atoms with Gasteiger partial charge < -0.3 is 21.3 Å². The standard InChI is InChI=1S/C21H27N9O.HI/c1-3-22-21(25-11-14-10-18(31)29-17-7-5-4-6-15(14)17)24-9-8-23-19-16-12-28-30(2)20(16)27-13-26-19;/h4-7,12-14H,3,8-11H2,1-2H3,(H,29,31)(H2,22,24,25)(H,23,26,27);1H. The molecule has 1 amide bonds. The van der Waals surface area contributed by atoms with Gasteiger partial charge in [-0.1, -0.05) is 18.2 Å². The molecule has 32 heavy (non-hydrogen) atoms. The lowest BCUT2D eigenvalue weighted by atomic mass is 9.91. The van der Waals surface area contributed by atoms with E-state index in [2.05, 4.69) is 42.4 Å². The van der Waals surface area contributed by atoms with Crippen LogP contribution in [-0.2, 0) is 11.8 Å². The number of para-hydroxylation sites is 1. The molecule has 1 aliphatic heterocycles. The molecule has 0 bridgehead atoms. The lowest BCUT2D eigenvalue weighted by Crippen LogP contribution is -2.40. The Bertz CT molecular complexity index is 1100. The van der Waals surface area contributed by atoms with E-state index in [0.717, 1.165) is 40.6 Å². The number of halogens is 1. The number of fused-ring (bicyclic) bond motifs is 2. The Hall–Kier alpha value is -2.96. The van der Waals surface area contributed by atoms with Gasteiger partial charge in [-0.15, -0.1) is 24.0 Å². The molecule has 0 aliphatic carbocycles. The monoisotopic (exact) mass is 549 g/mol. The minimum absolute atomic E-state index is 0. The molecule has 1 aliphatic rings. The number of aryl methyl sites for hydroxylation is 1. The second-order valence-electron chi connectivity index (χ2n) is 7.34. The van der Waals surface area contributed by atoms with Crippen LogP contribution in [0.1, 0.15) is 24.8 Å². The van der Waals surface area contributed by atoms with Gasteiger partial charge in [0.2, 0.25) is 5.91 Å². The average molecular weight is 549 g/mol. The summed E-state index contributed by atoms with van der Waals surface area (Å²) in [5, 5.41) is 18.0. The third-order valence-corrected chi connectivity index (χ3v) is 5.16. The van der Waals surface area contributed by atoms with Crippen molar-refractivity contribution in [3.05, 3.63) is 42.4 Å². The Morgan fingerprint density at radius 2 is 2.09 bits per heavy atom. The van der Waals surface area contributed by atoms with Crippen molar-refractivity contribution in [2.45, 2.75) is 19.3 Å². The molecule has 1 aromatic carbocycles. The summed E-state index contributed by atoms with van der Waals surface area (Å²) >= 11 is 0. The lowest BCUT2D eigenvalue weighted by molar-refractivity contribution is -0.116. The Morgan fingerprint density at radius 3 is 2.94 bits per heavy atom. The van der Waals surface area contributed by atoms with E-state index in [1.165, 1.54) is 6.33 Å². The lowest BCUT2D eigenvalue weighted by Gasteiger charge is -2.24. The molecule has 3 heterocycles. The molecule has 4 N–H and O–H groups in total. The first-order valence-corrected chi connectivity index (χ1v) is 10.4. The maximum absolute atomic E-state index is 12.0. The van der Waals surface area contributed by atoms with Crippen LogP contribution in [0.3, 0.4) is 0 Å². The number of guanidine groups is 1. The zero-order valence-corrected chi connectivity index (χ0v) is 20.5. The van der Waals surface area contributed by atoms with E-state index in [-0.39, 0.29) is 35.8 Å². The molecular formula is C21H28IN9O. The number of carbonyl (C=O) groups excluding carboxylic acids is 1. The summed E-state index contributed by atoms with van der Waals surface area (Å²) in [6.07, 6.45) is 3.73. The van der Waals surface area contributed by atoms with E-state index in [9.17, 15) is 4.79 Å². The Balaban J connectivity index is 0.00000289. The minimum atomic E-state index is 0. The molecule has 11 heteroatoms. The van der Waals surface area contributed by atoms with Crippen molar-refractivity contribution in [2.24, 2.45) is 12.0 Å². The van der Waals surface area contributed by atoms with Crippen LogP contribution in [0, 0.1) is 0 Å². The van der Waals surface area contributed by atoms with Gasteiger partial charge in [0.05, 0.1) is 18.1 Å². The number of aliphatic imine (C=N–C) groups is 1. The van der Waals surface area contributed by atoms with Gasteiger partial charge in [-0.25, -0.2) is 9.97 Å². The zero-order valence-electron chi connectivity index (χ0n) is 18.1. The van der Waals surface area contributed by atoms with Crippen LogP contribution < -0.4 is 21.3 Å². The molecule has 1 unspecified atom stereocenters. The Morgan fingerprint density at radius 1 is 1.25 bits per heavy atom. The third-order valence-electron chi connectivity index (χ3n) is 5.16. The molecule has 170 valence electrons. The first-order valence-electron chi connectivity index (χ1n) is 10.4. The van der Waals surface area contributed by atoms with Crippen molar-refractivity contribution in [2.75, 3.05) is 36.8 Å². The summed E-state index contributed by atoms with van der Waals surface area (Å²) in [4.78, 5) is 25.3. The second kappa shape index (κ2) is 11.1. The number of carbonyl (C=O) groups is 1. The predicted octanol–water partition coefficient (Wildman–Crippen LogP) is 2.07. The fourth-order valence-corrected chi connectivity index (χ4v) is 3.67. The first kappa shape index (κ1) is 23.7. The Kier molecular flexibility index (Phi) is 8.20. The highest BCUT2D eigenvalue weighted by atomic mass is 127. The van der Waals surface area contributed by atoms with Crippen molar-refractivity contribution in [1.29, 1.82) is 0 Å². The highest BCUT2D eigenvalue weighted by molar-refractivity contribution is 14.0. The van der Waals surface area contributed by atoms with Crippen LogP contribution in [-0.4, -0.2) is 57.8 Å².